The van der Waals surface area contributed by atoms with Crippen molar-refractivity contribution in [3.05, 3.63) is 29.6 Å². The van der Waals surface area contributed by atoms with Crippen LogP contribution in [0.15, 0.2) is 18.2 Å². The fourth-order valence-corrected chi connectivity index (χ4v) is 1.25. The van der Waals surface area contributed by atoms with Crippen LogP contribution in [0.4, 0.5) is 10.1 Å². The molecule has 0 amide bonds. The van der Waals surface area contributed by atoms with Crippen molar-refractivity contribution >= 4 is 5.69 Å². The normalized spacial score (nSPS) is 10.7. The topological polar surface area (TPSA) is 21.3 Å². The third kappa shape index (κ3) is 4.30. The predicted molar refractivity (Wildman–Crippen MR) is 60.7 cm³/mol. The Labute approximate surface area is 90.4 Å². The van der Waals surface area contributed by atoms with E-state index in [0.717, 1.165) is 5.56 Å². The van der Waals surface area contributed by atoms with Gasteiger partial charge in [-0.25, -0.2) is 4.39 Å². The predicted octanol–water partition coefficient (Wildman–Crippen LogP) is 2.97. The molecule has 0 bridgehead atoms. The van der Waals surface area contributed by atoms with E-state index in [2.05, 4.69) is 5.32 Å². The van der Waals surface area contributed by atoms with Gasteiger partial charge in [-0.15, -0.1) is 0 Å². The third-order valence-electron chi connectivity index (χ3n) is 1.99. The molecule has 0 saturated heterocycles. The van der Waals surface area contributed by atoms with Crippen LogP contribution < -0.4 is 5.32 Å². The lowest BCUT2D eigenvalue weighted by molar-refractivity contribution is 0.0870. The van der Waals surface area contributed by atoms with Crippen molar-refractivity contribution in [2.24, 2.45) is 0 Å². The Morgan fingerprint density at radius 2 is 2.13 bits per heavy atom. The fraction of sp³-hybridized carbons (Fsp3) is 0.500. The van der Waals surface area contributed by atoms with E-state index in [9.17, 15) is 4.39 Å². The van der Waals surface area contributed by atoms with Crippen LogP contribution in [0.2, 0.25) is 0 Å². The van der Waals surface area contributed by atoms with Crippen molar-refractivity contribution in [1.82, 2.24) is 0 Å². The standard InChI is InChI=1S/C12H18FNO/c1-9(2)15-7-6-14-12-8-10(3)4-5-11(12)13/h4-5,8-9,14H,6-7H2,1-3H3. The second kappa shape index (κ2) is 5.71. The zero-order chi connectivity index (χ0) is 11.3. The smallest absolute Gasteiger partial charge is 0.146 e. The van der Waals surface area contributed by atoms with Crippen molar-refractivity contribution in [1.29, 1.82) is 0 Å². The Balaban J connectivity index is 2.40. The van der Waals surface area contributed by atoms with E-state index >= 15 is 0 Å². The highest BCUT2D eigenvalue weighted by molar-refractivity contribution is 5.46. The molecule has 0 aromatic heterocycles. The van der Waals surface area contributed by atoms with Gasteiger partial charge in [0.05, 0.1) is 18.4 Å². The molecule has 0 aliphatic heterocycles. The summed E-state index contributed by atoms with van der Waals surface area (Å²) in [5.74, 6) is -0.217. The van der Waals surface area contributed by atoms with Gasteiger partial charge in [-0.3, -0.25) is 0 Å². The molecule has 0 spiro atoms. The average molecular weight is 211 g/mol. The van der Waals surface area contributed by atoms with Crippen LogP contribution in [0.5, 0.6) is 0 Å². The Kier molecular flexibility index (Phi) is 4.56. The molecular formula is C12H18FNO. The summed E-state index contributed by atoms with van der Waals surface area (Å²) < 4.78 is 18.6. The number of nitrogens with one attached hydrogen (secondary N) is 1. The van der Waals surface area contributed by atoms with E-state index in [1.165, 1.54) is 6.07 Å². The van der Waals surface area contributed by atoms with Crippen molar-refractivity contribution in [2.75, 3.05) is 18.5 Å². The van der Waals surface area contributed by atoms with Crippen LogP contribution >= 0.6 is 0 Å². The number of benzene rings is 1. The minimum Gasteiger partial charge on any atom is -0.380 e. The van der Waals surface area contributed by atoms with E-state index < -0.39 is 0 Å². The molecule has 0 aliphatic carbocycles. The zero-order valence-electron chi connectivity index (χ0n) is 9.51. The first-order valence-electron chi connectivity index (χ1n) is 5.21. The summed E-state index contributed by atoms with van der Waals surface area (Å²) in [5, 5.41) is 3.01. The van der Waals surface area contributed by atoms with Crippen molar-refractivity contribution < 1.29 is 9.13 Å². The molecule has 0 atom stereocenters. The van der Waals surface area contributed by atoms with Gasteiger partial charge in [0.25, 0.3) is 0 Å². The number of aryl methyl sites for hydroxylation is 1. The van der Waals surface area contributed by atoms with Gasteiger partial charge in [0.2, 0.25) is 0 Å². The Morgan fingerprint density at radius 1 is 1.40 bits per heavy atom. The summed E-state index contributed by atoms with van der Waals surface area (Å²) in [4.78, 5) is 0. The molecule has 0 saturated carbocycles. The Morgan fingerprint density at radius 3 is 2.80 bits per heavy atom. The minimum atomic E-state index is -0.217. The fourth-order valence-electron chi connectivity index (χ4n) is 1.25. The molecule has 2 nitrogen and oxygen atoms in total. The number of ether oxygens (including phenoxy) is 1. The SMILES string of the molecule is Cc1ccc(F)c(NCCOC(C)C)c1. The molecule has 0 fully saturated rings. The number of hydrogen-bond acceptors (Lipinski definition) is 2. The quantitative estimate of drug-likeness (QED) is 0.756. The van der Waals surface area contributed by atoms with Crippen LogP contribution in [-0.4, -0.2) is 19.3 Å². The van der Waals surface area contributed by atoms with Crippen molar-refractivity contribution in [3.8, 4) is 0 Å². The maximum Gasteiger partial charge on any atom is 0.146 e. The van der Waals surface area contributed by atoms with Crippen LogP contribution in [-0.2, 0) is 4.74 Å². The number of anilines is 1. The lowest BCUT2D eigenvalue weighted by atomic mass is 10.2. The zero-order valence-corrected chi connectivity index (χ0v) is 9.51. The molecule has 0 unspecified atom stereocenters. The Hall–Kier alpha value is -1.09. The van der Waals surface area contributed by atoms with Gasteiger partial charge in [-0.2, -0.15) is 0 Å². The second-order valence-electron chi connectivity index (χ2n) is 3.83. The van der Waals surface area contributed by atoms with E-state index in [4.69, 9.17) is 4.74 Å². The maximum absolute atomic E-state index is 13.3. The number of halogens is 1. The lowest BCUT2D eigenvalue weighted by Gasteiger charge is -2.10. The van der Waals surface area contributed by atoms with Crippen LogP contribution in [0, 0.1) is 12.7 Å². The van der Waals surface area contributed by atoms with Crippen molar-refractivity contribution in [2.45, 2.75) is 26.9 Å². The highest BCUT2D eigenvalue weighted by Gasteiger charge is 2.01. The summed E-state index contributed by atoms with van der Waals surface area (Å²) in [6.45, 7) is 7.11. The van der Waals surface area contributed by atoms with Crippen LogP contribution in [0.25, 0.3) is 0 Å². The summed E-state index contributed by atoms with van der Waals surface area (Å²) in [6.07, 6.45) is 0.217. The molecule has 84 valence electrons. The molecule has 15 heavy (non-hydrogen) atoms. The first-order valence-corrected chi connectivity index (χ1v) is 5.21. The maximum atomic E-state index is 13.3. The minimum absolute atomic E-state index is 0.217. The van der Waals surface area contributed by atoms with Crippen LogP contribution in [0.3, 0.4) is 0 Å². The van der Waals surface area contributed by atoms with E-state index in [-0.39, 0.29) is 11.9 Å². The van der Waals surface area contributed by atoms with E-state index in [0.29, 0.717) is 18.8 Å². The second-order valence-corrected chi connectivity index (χ2v) is 3.83. The summed E-state index contributed by atoms with van der Waals surface area (Å²) in [5.41, 5.74) is 1.59. The number of hydrogen-bond donors (Lipinski definition) is 1. The van der Waals surface area contributed by atoms with Gasteiger partial charge in [0, 0.05) is 6.54 Å². The Bertz CT molecular complexity index is 312. The van der Waals surface area contributed by atoms with E-state index in [1.54, 1.807) is 12.1 Å². The summed E-state index contributed by atoms with van der Waals surface area (Å²) >= 11 is 0. The molecule has 1 aromatic rings. The number of rotatable bonds is 5. The van der Waals surface area contributed by atoms with Gasteiger partial charge in [-0.05, 0) is 38.5 Å². The molecular weight excluding hydrogens is 193 g/mol. The molecule has 0 heterocycles. The third-order valence-corrected chi connectivity index (χ3v) is 1.99. The molecule has 0 aliphatic rings. The highest BCUT2D eigenvalue weighted by Crippen LogP contribution is 2.14. The van der Waals surface area contributed by atoms with Gasteiger partial charge in [-0.1, -0.05) is 6.07 Å². The first kappa shape index (κ1) is 12.0. The molecule has 3 heteroatoms. The highest BCUT2D eigenvalue weighted by atomic mass is 19.1. The summed E-state index contributed by atoms with van der Waals surface area (Å²) in [6, 6.07) is 5.02. The monoisotopic (exact) mass is 211 g/mol. The summed E-state index contributed by atoms with van der Waals surface area (Å²) in [7, 11) is 0. The van der Waals surface area contributed by atoms with Gasteiger partial charge in [0.1, 0.15) is 5.82 Å². The van der Waals surface area contributed by atoms with Gasteiger partial charge in [0.15, 0.2) is 0 Å². The molecule has 1 rings (SSSR count). The van der Waals surface area contributed by atoms with Gasteiger partial charge >= 0.3 is 0 Å². The first-order chi connectivity index (χ1) is 7.09. The molecule has 1 aromatic carbocycles. The van der Waals surface area contributed by atoms with Crippen LogP contribution in [0.1, 0.15) is 19.4 Å². The lowest BCUT2D eigenvalue weighted by Crippen LogP contribution is -2.13. The van der Waals surface area contributed by atoms with Crippen molar-refractivity contribution in [3.63, 3.8) is 0 Å². The molecule has 1 N–H and O–H groups in total. The largest absolute Gasteiger partial charge is 0.380 e. The average Bonchev–Trinajstić information content (AvgIpc) is 2.17. The molecule has 0 radical (unpaired) electrons. The van der Waals surface area contributed by atoms with Gasteiger partial charge < -0.3 is 10.1 Å². The van der Waals surface area contributed by atoms with E-state index in [1.807, 2.05) is 20.8 Å².